The minimum Gasteiger partial charge on any atom is -0.458 e. The van der Waals surface area contributed by atoms with E-state index in [1.807, 2.05) is 6.92 Å². The largest absolute Gasteiger partial charge is 0.458 e. The van der Waals surface area contributed by atoms with Crippen molar-refractivity contribution in [1.29, 1.82) is 0 Å². The van der Waals surface area contributed by atoms with E-state index in [0.717, 1.165) is 5.56 Å². The molecule has 1 heterocycles. The second-order valence-electron chi connectivity index (χ2n) is 4.79. The van der Waals surface area contributed by atoms with Crippen molar-refractivity contribution >= 4 is 23.6 Å². The molecule has 1 aliphatic heterocycles. The molecule has 0 aromatic heterocycles. The van der Waals surface area contributed by atoms with E-state index in [1.165, 1.54) is 0 Å². The Hall–Kier alpha value is -2.27. The molecule has 0 unspecified atom stereocenters. The van der Waals surface area contributed by atoms with Crippen molar-refractivity contribution < 1.29 is 14.3 Å². The highest BCUT2D eigenvalue weighted by Crippen LogP contribution is 2.28. The first kappa shape index (κ1) is 16.1. The lowest BCUT2D eigenvalue weighted by Crippen LogP contribution is -2.45. The Balaban J connectivity index is 2.34. The number of carbonyl (C=O) groups is 2. The van der Waals surface area contributed by atoms with E-state index in [4.69, 9.17) is 16.3 Å². The fraction of sp³-hybridized carbons (Fsp3) is 0.250. The highest BCUT2D eigenvalue weighted by molar-refractivity contribution is 6.30. The van der Waals surface area contributed by atoms with Gasteiger partial charge in [0.2, 0.25) is 0 Å². The zero-order valence-electron chi connectivity index (χ0n) is 12.4. The van der Waals surface area contributed by atoms with Crippen LogP contribution in [0.5, 0.6) is 0 Å². The van der Waals surface area contributed by atoms with Crippen molar-refractivity contribution in [1.82, 2.24) is 10.6 Å². The fourth-order valence-electron chi connectivity index (χ4n) is 2.20. The van der Waals surface area contributed by atoms with Crippen LogP contribution in [0.15, 0.2) is 47.7 Å². The van der Waals surface area contributed by atoms with E-state index in [0.29, 0.717) is 16.3 Å². The number of esters is 1. The molecule has 1 aromatic carbocycles. The molecule has 2 N–H and O–H groups in total. The summed E-state index contributed by atoms with van der Waals surface area (Å²) in [7, 11) is 0. The van der Waals surface area contributed by atoms with E-state index >= 15 is 0 Å². The Labute approximate surface area is 134 Å². The first-order valence-corrected chi connectivity index (χ1v) is 7.22. The normalized spacial score (nSPS) is 18.1. The SMILES string of the molecule is C/C=C/COC(=O)C1=C(C)NC(=O)N[C@H]1c1cccc(Cl)c1. The second-order valence-corrected chi connectivity index (χ2v) is 5.23. The zero-order valence-corrected chi connectivity index (χ0v) is 13.1. The van der Waals surface area contributed by atoms with Crippen molar-refractivity contribution in [3.05, 3.63) is 58.3 Å². The predicted molar refractivity (Wildman–Crippen MR) is 84.3 cm³/mol. The number of urea groups is 1. The molecule has 0 spiro atoms. The van der Waals surface area contributed by atoms with Gasteiger partial charge in [0, 0.05) is 10.7 Å². The molecule has 0 saturated carbocycles. The number of carbonyl (C=O) groups excluding carboxylic acids is 2. The maximum absolute atomic E-state index is 12.3. The maximum atomic E-state index is 12.3. The molecular weight excluding hydrogens is 304 g/mol. The monoisotopic (exact) mass is 320 g/mol. The van der Waals surface area contributed by atoms with Gasteiger partial charge in [-0.15, -0.1) is 0 Å². The third-order valence-corrected chi connectivity index (χ3v) is 3.45. The van der Waals surface area contributed by atoms with E-state index in [2.05, 4.69) is 10.6 Å². The minimum absolute atomic E-state index is 0.183. The predicted octanol–water partition coefficient (Wildman–Crippen LogP) is 3.09. The Morgan fingerprint density at radius 3 is 2.91 bits per heavy atom. The Morgan fingerprint density at radius 1 is 1.45 bits per heavy atom. The molecule has 0 radical (unpaired) electrons. The molecule has 1 aromatic rings. The topological polar surface area (TPSA) is 67.4 Å². The van der Waals surface area contributed by atoms with Crippen LogP contribution in [0.25, 0.3) is 0 Å². The van der Waals surface area contributed by atoms with E-state index < -0.39 is 12.0 Å². The highest BCUT2D eigenvalue weighted by atomic mass is 35.5. The van der Waals surface area contributed by atoms with Gasteiger partial charge in [-0.25, -0.2) is 9.59 Å². The molecule has 1 aliphatic rings. The van der Waals surface area contributed by atoms with Crippen molar-refractivity contribution in [3.63, 3.8) is 0 Å². The van der Waals surface area contributed by atoms with Crippen LogP contribution in [0.2, 0.25) is 5.02 Å². The molecule has 0 aliphatic carbocycles. The van der Waals surface area contributed by atoms with Gasteiger partial charge < -0.3 is 15.4 Å². The van der Waals surface area contributed by atoms with Gasteiger partial charge in [0.05, 0.1) is 11.6 Å². The van der Waals surface area contributed by atoms with Gasteiger partial charge in [-0.1, -0.05) is 35.9 Å². The van der Waals surface area contributed by atoms with E-state index in [-0.39, 0.29) is 12.6 Å². The number of ether oxygens (including phenoxy) is 1. The molecule has 0 bridgehead atoms. The molecular formula is C16H17ClN2O3. The summed E-state index contributed by atoms with van der Waals surface area (Å²) in [6.45, 7) is 3.69. The highest BCUT2D eigenvalue weighted by Gasteiger charge is 2.32. The number of hydrogen-bond donors (Lipinski definition) is 2. The number of benzene rings is 1. The van der Waals surface area contributed by atoms with Crippen molar-refractivity contribution in [2.24, 2.45) is 0 Å². The lowest BCUT2D eigenvalue weighted by molar-refractivity contribution is -0.138. The summed E-state index contributed by atoms with van der Waals surface area (Å²) in [6, 6.07) is 6.05. The fourth-order valence-corrected chi connectivity index (χ4v) is 2.40. The van der Waals surface area contributed by atoms with Crippen LogP contribution in [-0.4, -0.2) is 18.6 Å². The van der Waals surface area contributed by atoms with Crippen LogP contribution in [0.1, 0.15) is 25.5 Å². The molecule has 0 fully saturated rings. The second kappa shape index (κ2) is 7.13. The zero-order chi connectivity index (χ0) is 16.1. The number of halogens is 1. The summed E-state index contributed by atoms with van der Waals surface area (Å²) in [5.74, 6) is -0.479. The molecule has 2 rings (SSSR count). The van der Waals surface area contributed by atoms with Crippen LogP contribution in [0.3, 0.4) is 0 Å². The number of allylic oxidation sites excluding steroid dienone is 2. The number of rotatable bonds is 4. The standard InChI is InChI=1S/C16H17ClN2O3/c1-3-4-8-22-15(20)13-10(2)18-16(21)19-14(13)11-6-5-7-12(17)9-11/h3-7,9,14H,8H2,1-2H3,(H2,18,19,21)/b4-3+/t14-/m0/s1. The molecule has 2 amide bonds. The van der Waals surface area contributed by atoms with Crippen molar-refractivity contribution in [2.45, 2.75) is 19.9 Å². The quantitative estimate of drug-likeness (QED) is 0.661. The van der Waals surface area contributed by atoms with Gasteiger partial charge in [0.25, 0.3) is 0 Å². The Bertz CT molecular complexity index is 653. The summed E-state index contributed by atoms with van der Waals surface area (Å²) in [6.07, 6.45) is 3.53. The number of nitrogens with one attached hydrogen (secondary N) is 2. The van der Waals surface area contributed by atoms with Crippen LogP contribution >= 0.6 is 11.6 Å². The van der Waals surface area contributed by atoms with Gasteiger partial charge in [0.1, 0.15) is 6.61 Å². The summed E-state index contributed by atoms with van der Waals surface area (Å²) < 4.78 is 5.20. The van der Waals surface area contributed by atoms with Crippen molar-refractivity contribution in [2.75, 3.05) is 6.61 Å². The van der Waals surface area contributed by atoms with Gasteiger partial charge in [0.15, 0.2) is 0 Å². The Kier molecular flexibility index (Phi) is 5.22. The van der Waals surface area contributed by atoms with Gasteiger partial charge in [-0.3, -0.25) is 0 Å². The molecule has 22 heavy (non-hydrogen) atoms. The van der Waals surface area contributed by atoms with Crippen LogP contribution in [0, 0.1) is 0 Å². The van der Waals surface area contributed by atoms with E-state index in [1.54, 1.807) is 43.3 Å². The third-order valence-electron chi connectivity index (χ3n) is 3.22. The van der Waals surface area contributed by atoms with Gasteiger partial charge >= 0.3 is 12.0 Å². The van der Waals surface area contributed by atoms with Crippen LogP contribution in [-0.2, 0) is 9.53 Å². The van der Waals surface area contributed by atoms with Crippen LogP contribution in [0.4, 0.5) is 4.79 Å². The summed E-state index contributed by atoms with van der Waals surface area (Å²) in [4.78, 5) is 24.0. The Morgan fingerprint density at radius 2 is 2.23 bits per heavy atom. The average molecular weight is 321 g/mol. The third kappa shape index (κ3) is 3.68. The smallest absolute Gasteiger partial charge is 0.338 e. The van der Waals surface area contributed by atoms with Gasteiger partial charge in [-0.2, -0.15) is 0 Å². The van der Waals surface area contributed by atoms with E-state index in [9.17, 15) is 9.59 Å². The molecule has 5 nitrogen and oxygen atoms in total. The molecule has 116 valence electrons. The van der Waals surface area contributed by atoms with Crippen LogP contribution < -0.4 is 10.6 Å². The first-order chi connectivity index (χ1) is 10.5. The molecule has 1 atom stereocenters. The lowest BCUT2D eigenvalue weighted by Gasteiger charge is -2.28. The van der Waals surface area contributed by atoms with Crippen molar-refractivity contribution in [3.8, 4) is 0 Å². The summed E-state index contributed by atoms with van der Waals surface area (Å²) in [5, 5.41) is 5.85. The maximum Gasteiger partial charge on any atom is 0.338 e. The lowest BCUT2D eigenvalue weighted by atomic mass is 9.95. The van der Waals surface area contributed by atoms with Gasteiger partial charge in [-0.05, 0) is 31.5 Å². The summed E-state index contributed by atoms with van der Waals surface area (Å²) >= 11 is 6.00. The number of amides is 2. The molecule has 6 heteroatoms. The number of hydrogen-bond acceptors (Lipinski definition) is 3. The first-order valence-electron chi connectivity index (χ1n) is 6.85. The average Bonchev–Trinajstić information content (AvgIpc) is 2.46. The molecule has 0 saturated heterocycles. The minimum atomic E-state index is -0.592. The summed E-state index contributed by atoms with van der Waals surface area (Å²) in [5.41, 5.74) is 1.56.